The second-order valence-corrected chi connectivity index (χ2v) is 5.96. The summed E-state index contributed by atoms with van der Waals surface area (Å²) in [6.07, 6.45) is 0.752. The second kappa shape index (κ2) is 5.10. The zero-order chi connectivity index (χ0) is 14.0. The van der Waals surface area contributed by atoms with Crippen LogP contribution in [0.3, 0.4) is 0 Å². The number of likely N-dealkylation sites (tertiary alicyclic amines) is 1. The highest BCUT2D eigenvalue weighted by Crippen LogP contribution is 2.13. The van der Waals surface area contributed by atoms with Gasteiger partial charge in [-0.15, -0.1) is 0 Å². The summed E-state index contributed by atoms with van der Waals surface area (Å²) in [7, 11) is -3.75. The van der Waals surface area contributed by atoms with Gasteiger partial charge in [0.05, 0.1) is 4.90 Å². The number of nitrogens with two attached hydrogens (primary N) is 1. The molecule has 1 aromatic rings. The number of rotatable bonds is 2. The number of carbonyl (C=O) groups is 2. The average Bonchev–Trinajstić information content (AvgIpc) is 2.38. The van der Waals surface area contributed by atoms with Gasteiger partial charge in [-0.2, -0.15) is 0 Å². The van der Waals surface area contributed by atoms with Crippen molar-refractivity contribution >= 4 is 21.7 Å². The lowest BCUT2D eigenvalue weighted by Crippen LogP contribution is -2.38. The van der Waals surface area contributed by atoms with Crippen LogP contribution >= 0.6 is 0 Å². The topological polar surface area (TPSA) is 97.5 Å². The zero-order valence-corrected chi connectivity index (χ0v) is 11.0. The normalized spacial score (nSPS) is 16.5. The molecule has 1 aliphatic rings. The predicted molar refractivity (Wildman–Crippen MR) is 68.0 cm³/mol. The van der Waals surface area contributed by atoms with E-state index in [2.05, 4.69) is 0 Å². The Hall–Kier alpha value is -1.73. The van der Waals surface area contributed by atoms with Crippen LogP contribution in [-0.2, 0) is 14.8 Å². The number of benzene rings is 1. The lowest BCUT2D eigenvalue weighted by Gasteiger charge is -2.26. The van der Waals surface area contributed by atoms with E-state index in [1.54, 1.807) is 4.90 Å². The van der Waals surface area contributed by atoms with Crippen LogP contribution in [0.25, 0.3) is 0 Å². The lowest BCUT2D eigenvalue weighted by molar-refractivity contribution is -0.120. The molecule has 0 radical (unpaired) electrons. The molecule has 0 aromatic heterocycles. The fourth-order valence-corrected chi connectivity index (χ4v) is 2.44. The molecule has 2 rings (SSSR count). The molecule has 0 aliphatic carbocycles. The van der Waals surface area contributed by atoms with E-state index in [1.165, 1.54) is 24.3 Å². The molecule has 1 aromatic carbocycles. The third-order valence-corrected chi connectivity index (χ3v) is 3.97. The molecule has 0 saturated carbocycles. The number of ketones is 1. The number of hydrogen-bond acceptors (Lipinski definition) is 4. The number of carbonyl (C=O) groups excluding carboxylic acids is 2. The maximum absolute atomic E-state index is 12.1. The van der Waals surface area contributed by atoms with E-state index >= 15 is 0 Å². The van der Waals surface area contributed by atoms with Gasteiger partial charge in [0.25, 0.3) is 5.91 Å². The molecular formula is C12H14N2O4S. The maximum atomic E-state index is 12.1. The van der Waals surface area contributed by atoms with Gasteiger partial charge in [0.2, 0.25) is 10.0 Å². The van der Waals surface area contributed by atoms with Gasteiger partial charge in [0.1, 0.15) is 5.78 Å². The molecule has 6 nitrogen and oxygen atoms in total. The fourth-order valence-electron chi connectivity index (χ4n) is 1.93. The fraction of sp³-hybridized carbons (Fsp3) is 0.333. The Bertz CT molecular complexity index is 597. The molecule has 7 heteroatoms. The van der Waals surface area contributed by atoms with E-state index in [9.17, 15) is 18.0 Å². The summed E-state index contributed by atoms with van der Waals surface area (Å²) < 4.78 is 22.2. The summed E-state index contributed by atoms with van der Waals surface area (Å²) in [5.41, 5.74) is 0.391. The minimum atomic E-state index is -3.75. The Morgan fingerprint density at radius 3 is 2.11 bits per heavy atom. The van der Waals surface area contributed by atoms with Crippen LogP contribution in [0.5, 0.6) is 0 Å². The Balaban J connectivity index is 2.14. The van der Waals surface area contributed by atoms with E-state index in [4.69, 9.17) is 5.14 Å². The standard InChI is InChI=1S/C12H14N2O4S/c13-19(17,18)11-3-1-9(2-4-11)12(16)14-7-5-10(15)6-8-14/h1-4H,5-8H2,(H2,13,17,18). The molecule has 1 saturated heterocycles. The molecule has 102 valence electrons. The van der Waals surface area contributed by atoms with Crippen LogP contribution in [0.15, 0.2) is 29.2 Å². The first-order valence-corrected chi connectivity index (χ1v) is 7.36. The monoisotopic (exact) mass is 282 g/mol. The third-order valence-electron chi connectivity index (χ3n) is 3.04. The summed E-state index contributed by atoms with van der Waals surface area (Å²) in [5, 5.41) is 4.98. The smallest absolute Gasteiger partial charge is 0.253 e. The quantitative estimate of drug-likeness (QED) is 0.834. The van der Waals surface area contributed by atoms with Gasteiger partial charge in [-0.1, -0.05) is 0 Å². The SMILES string of the molecule is NS(=O)(=O)c1ccc(C(=O)N2CCC(=O)CC2)cc1. The summed E-state index contributed by atoms with van der Waals surface area (Å²) in [4.78, 5) is 24.8. The Morgan fingerprint density at radius 2 is 1.63 bits per heavy atom. The lowest BCUT2D eigenvalue weighted by atomic mass is 10.1. The van der Waals surface area contributed by atoms with Crippen LogP contribution < -0.4 is 5.14 Å². The van der Waals surface area contributed by atoms with Gasteiger partial charge < -0.3 is 4.90 Å². The highest BCUT2D eigenvalue weighted by molar-refractivity contribution is 7.89. The van der Waals surface area contributed by atoms with Crippen molar-refractivity contribution < 1.29 is 18.0 Å². The van der Waals surface area contributed by atoms with Crippen molar-refractivity contribution in [2.45, 2.75) is 17.7 Å². The van der Waals surface area contributed by atoms with E-state index < -0.39 is 10.0 Å². The Labute approximate surface area is 111 Å². The molecule has 0 spiro atoms. The van der Waals surface area contributed by atoms with Crippen molar-refractivity contribution in [2.75, 3.05) is 13.1 Å². The predicted octanol–water partition coefficient (Wildman–Crippen LogP) is 0.139. The molecule has 1 amide bonds. The number of nitrogens with zero attached hydrogens (tertiary/aromatic N) is 1. The van der Waals surface area contributed by atoms with Crippen LogP contribution in [0.1, 0.15) is 23.2 Å². The first-order valence-electron chi connectivity index (χ1n) is 5.82. The van der Waals surface area contributed by atoms with Gasteiger partial charge in [-0.3, -0.25) is 9.59 Å². The second-order valence-electron chi connectivity index (χ2n) is 4.40. The van der Waals surface area contributed by atoms with Crippen LogP contribution in [-0.4, -0.2) is 38.1 Å². The van der Waals surface area contributed by atoms with E-state index in [0.717, 1.165) is 0 Å². The number of primary sulfonamides is 1. The largest absolute Gasteiger partial charge is 0.338 e. The summed E-state index contributed by atoms with van der Waals surface area (Å²) in [6, 6.07) is 5.46. The minimum Gasteiger partial charge on any atom is -0.338 e. The van der Waals surface area contributed by atoms with Crippen molar-refractivity contribution in [2.24, 2.45) is 5.14 Å². The molecule has 1 heterocycles. The Morgan fingerprint density at radius 1 is 1.11 bits per heavy atom. The highest BCUT2D eigenvalue weighted by atomic mass is 32.2. The average molecular weight is 282 g/mol. The van der Waals surface area contributed by atoms with Crippen molar-refractivity contribution in [3.63, 3.8) is 0 Å². The maximum Gasteiger partial charge on any atom is 0.253 e. The molecule has 0 unspecified atom stereocenters. The molecule has 2 N–H and O–H groups in total. The van der Waals surface area contributed by atoms with Gasteiger partial charge in [-0.05, 0) is 24.3 Å². The molecule has 19 heavy (non-hydrogen) atoms. The van der Waals surface area contributed by atoms with Crippen molar-refractivity contribution in [3.8, 4) is 0 Å². The number of Topliss-reactive ketones (excluding diaryl/α,β-unsaturated/α-hetero) is 1. The number of piperidine rings is 1. The third kappa shape index (κ3) is 3.18. The Kier molecular flexibility index (Phi) is 3.68. The van der Waals surface area contributed by atoms with Gasteiger partial charge in [-0.25, -0.2) is 13.6 Å². The van der Waals surface area contributed by atoms with Crippen molar-refractivity contribution in [1.29, 1.82) is 0 Å². The number of hydrogen-bond donors (Lipinski definition) is 1. The van der Waals surface area contributed by atoms with Crippen LogP contribution in [0.4, 0.5) is 0 Å². The summed E-state index contributed by atoms with van der Waals surface area (Å²) >= 11 is 0. The van der Waals surface area contributed by atoms with Crippen molar-refractivity contribution in [3.05, 3.63) is 29.8 Å². The van der Waals surface area contributed by atoms with E-state index in [0.29, 0.717) is 31.5 Å². The molecule has 1 fully saturated rings. The van der Waals surface area contributed by atoms with Crippen LogP contribution in [0, 0.1) is 0 Å². The molecule has 0 bridgehead atoms. The molecule has 1 aliphatic heterocycles. The van der Waals surface area contributed by atoms with Gasteiger partial charge in [0.15, 0.2) is 0 Å². The highest BCUT2D eigenvalue weighted by Gasteiger charge is 2.22. The van der Waals surface area contributed by atoms with E-state index in [1.807, 2.05) is 0 Å². The van der Waals surface area contributed by atoms with Gasteiger partial charge in [0, 0.05) is 31.5 Å². The van der Waals surface area contributed by atoms with Crippen LogP contribution in [0.2, 0.25) is 0 Å². The number of amides is 1. The summed E-state index contributed by atoms with van der Waals surface area (Å²) in [6.45, 7) is 0.823. The first-order chi connectivity index (χ1) is 8.88. The van der Waals surface area contributed by atoms with Crippen molar-refractivity contribution in [1.82, 2.24) is 4.90 Å². The zero-order valence-electron chi connectivity index (χ0n) is 10.2. The number of sulfonamides is 1. The first kappa shape index (κ1) is 13.7. The van der Waals surface area contributed by atoms with Gasteiger partial charge >= 0.3 is 0 Å². The van der Waals surface area contributed by atoms with E-state index in [-0.39, 0.29) is 16.6 Å². The minimum absolute atomic E-state index is 0.0297. The molecular weight excluding hydrogens is 268 g/mol. The summed E-state index contributed by atoms with van der Waals surface area (Å²) in [5.74, 6) is -0.0397. The molecule has 0 atom stereocenters.